The zero-order valence-electron chi connectivity index (χ0n) is 9.38. The van der Waals surface area contributed by atoms with Gasteiger partial charge in [0.1, 0.15) is 0 Å². The molecule has 0 saturated heterocycles. The van der Waals surface area contributed by atoms with Crippen LogP contribution in [0.2, 0.25) is 0 Å². The molecule has 0 aliphatic heterocycles. The highest BCUT2D eigenvalue weighted by Crippen LogP contribution is 2.13. The number of hydrogen-bond donors (Lipinski definition) is 2. The van der Waals surface area contributed by atoms with E-state index in [2.05, 4.69) is 0 Å². The number of carboxylic acid groups (broad SMARTS) is 1. The standard InChI is InChI=1S/C13H13NO3/c1-9(7-10-5-3-2-4-6-10)11(13(14)17)8-12(15)16/h2-8H,1H3,(H2,14,17)(H,15,16)/b9-7-,11-8-. The van der Waals surface area contributed by atoms with Crippen LogP contribution in [0.5, 0.6) is 0 Å². The first-order chi connectivity index (χ1) is 8.00. The number of nitrogens with two attached hydrogens (primary N) is 1. The molecule has 0 aromatic heterocycles. The second-order valence-electron chi connectivity index (χ2n) is 3.50. The molecule has 0 spiro atoms. The lowest BCUT2D eigenvalue weighted by molar-refractivity contribution is -0.131. The molecular formula is C13H13NO3. The summed E-state index contributed by atoms with van der Waals surface area (Å²) in [6.07, 6.45) is 2.52. The molecule has 0 saturated carbocycles. The zero-order valence-corrected chi connectivity index (χ0v) is 9.38. The van der Waals surface area contributed by atoms with Crippen LogP contribution < -0.4 is 5.73 Å². The summed E-state index contributed by atoms with van der Waals surface area (Å²) in [6, 6.07) is 9.27. The van der Waals surface area contributed by atoms with Crippen LogP contribution in [-0.4, -0.2) is 17.0 Å². The van der Waals surface area contributed by atoms with Crippen molar-refractivity contribution in [2.45, 2.75) is 6.92 Å². The molecule has 1 amide bonds. The smallest absolute Gasteiger partial charge is 0.329 e. The summed E-state index contributed by atoms with van der Waals surface area (Å²) < 4.78 is 0. The minimum absolute atomic E-state index is 0.00125. The topological polar surface area (TPSA) is 80.4 Å². The summed E-state index contributed by atoms with van der Waals surface area (Å²) >= 11 is 0. The first-order valence-electron chi connectivity index (χ1n) is 4.99. The second-order valence-corrected chi connectivity index (χ2v) is 3.50. The fraction of sp³-hybridized carbons (Fsp3) is 0.0769. The Balaban J connectivity index is 3.09. The van der Waals surface area contributed by atoms with Crippen LogP contribution >= 0.6 is 0 Å². The molecule has 0 bridgehead atoms. The summed E-state index contributed by atoms with van der Waals surface area (Å²) in [6.45, 7) is 1.65. The molecule has 1 aromatic rings. The monoisotopic (exact) mass is 231 g/mol. The number of rotatable bonds is 4. The molecule has 0 aliphatic carbocycles. The van der Waals surface area contributed by atoms with E-state index in [1.54, 1.807) is 13.0 Å². The van der Waals surface area contributed by atoms with Crippen molar-refractivity contribution in [2.24, 2.45) is 5.73 Å². The summed E-state index contributed by atoms with van der Waals surface area (Å²) in [5.41, 5.74) is 6.53. The molecule has 1 rings (SSSR count). The van der Waals surface area contributed by atoms with E-state index in [0.29, 0.717) is 5.57 Å². The van der Waals surface area contributed by atoms with Crippen LogP contribution in [0.1, 0.15) is 12.5 Å². The first kappa shape index (κ1) is 12.7. The lowest BCUT2D eigenvalue weighted by Gasteiger charge is -2.03. The molecule has 1 aromatic carbocycles. The van der Waals surface area contributed by atoms with Crippen molar-refractivity contribution >= 4 is 18.0 Å². The Hall–Kier alpha value is -2.36. The Labute approximate surface area is 99.1 Å². The van der Waals surface area contributed by atoms with Crippen molar-refractivity contribution in [1.29, 1.82) is 0 Å². The fourth-order valence-corrected chi connectivity index (χ4v) is 1.38. The third-order valence-electron chi connectivity index (χ3n) is 2.14. The van der Waals surface area contributed by atoms with Crippen LogP contribution in [0.4, 0.5) is 0 Å². The van der Waals surface area contributed by atoms with Gasteiger partial charge in [0.2, 0.25) is 5.91 Å². The maximum Gasteiger partial charge on any atom is 0.329 e. The summed E-state index contributed by atoms with van der Waals surface area (Å²) in [5, 5.41) is 8.64. The largest absolute Gasteiger partial charge is 0.478 e. The fourth-order valence-electron chi connectivity index (χ4n) is 1.38. The van der Waals surface area contributed by atoms with Crippen molar-refractivity contribution in [3.8, 4) is 0 Å². The van der Waals surface area contributed by atoms with E-state index < -0.39 is 11.9 Å². The third kappa shape index (κ3) is 3.95. The minimum Gasteiger partial charge on any atom is -0.478 e. The normalized spacial score (nSPS) is 12.3. The van der Waals surface area contributed by atoms with Crippen LogP contribution in [0.25, 0.3) is 6.08 Å². The number of carbonyl (C=O) groups excluding carboxylic acids is 1. The number of hydrogen-bond acceptors (Lipinski definition) is 2. The molecule has 0 aliphatic rings. The quantitative estimate of drug-likeness (QED) is 0.610. The summed E-state index contributed by atoms with van der Waals surface area (Å²) in [7, 11) is 0. The van der Waals surface area contributed by atoms with E-state index in [-0.39, 0.29) is 5.57 Å². The number of carbonyl (C=O) groups is 2. The van der Waals surface area contributed by atoms with Gasteiger partial charge in [-0.2, -0.15) is 0 Å². The Morgan fingerprint density at radius 2 is 1.82 bits per heavy atom. The van der Waals surface area contributed by atoms with Crippen molar-refractivity contribution in [1.82, 2.24) is 0 Å². The molecule has 0 fully saturated rings. The van der Waals surface area contributed by atoms with Gasteiger partial charge in [0.25, 0.3) is 0 Å². The van der Waals surface area contributed by atoms with Gasteiger partial charge in [-0.05, 0) is 18.1 Å². The van der Waals surface area contributed by atoms with Gasteiger partial charge in [0.05, 0.1) is 0 Å². The van der Waals surface area contributed by atoms with Gasteiger partial charge in [-0.25, -0.2) is 4.79 Å². The van der Waals surface area contributed by atoms with Gasteiger partial charge in [-0.1, -0.05) is 36.4 Å². The number of aliphatic carboxylic acids is 1. The van der Waals surface area contributed by atoms with Crippen LogP contribution in [0, 0.1) is 0 Å². The Morgan fingerprint density at radius 1 is 1.24 bits per heavy atom. The molecule has 0 unspecified atom stereocenters. The van der Waals surface area contributed by atoms with Gasteiger partial charge in [0.15, 0.2) is 0 Å². The molecule has 4 nitrogen and oxygen atoms in total. The van der Waals surface area contributed by atoms with E-state index in [9.17, 15) is 9.59 Å². The van der Waals surface area contributed by atoms with Crippen LogP contribution in [-0.2, 0) is 9.59 Å². The molecule has 0 heterocycles. The van der Waals surface area contributed by atoms with Crippen LogP contribution in [0.15, 0.2) is 47.6 Å². The lowest BCUT2D eigenvalue weighted by Crippen LogP contribution is -2.16. The number of amides is 1. The van der Waals surface area contributed by atoms with Crippen molar-refractivity contribution < 1.29 is 14.7 Å². The number of carboxylic acids is 1. The molecule has 3 N–H and O–H groups in total. The van der Waals surface area contributed by atoms with Gasteiger partial charge in [0, 0.05) is 11.6 Å². The SMILES string of the molecule is CC(=C/c1ccccc1)/C(=C/C(=O)O)C(N)=O. The maximum absolute atomic E-state index is 11.1. The average molecular weight is 231 g/mol. The highest BCUT2D eigenvalue weighted by atomic mass is 16.4. The van der Waals surface area contributed by atoms with E-state index in [1.165, 1.54) is 0 Å². The number of benzene rings is 1. The molecule has 88 valence electrons. The van der Waals surface area contributed by atoms with Crippen LogP contribution in [0.3, 0.4) is 0 Å². The Bertz CT molecular complexity index is 487. The van der Waals surface area contributed by atoms with Gasteiger partial charge >= 0.3 is 5.97 Å². The highest BCUT2D eigenvalue weighted by molar-refractivity contribution is 6.02. The molecule has 4 heteroatoms. The van der Waals surface area contributed by atoms with Crippen molar-refractivity contribution in [3.05, 3.63) is 53.1 Å². The lowest BCUT2D eigenvalue weighted by atomic mass is 10.0. The van der Waals surface area contributed by atoms with Gasteiger partial charge < -0.3 is 10.8 Å². The predicted molar refractivity (Wildman–Crippen MR) is 65.0 cm³/mol. The molecule has 0 atom stereocenters. The maximum atomic E-state index is 11.1. The first-order valence-corrected chi connectivity index (χ1v) is 4.99. The minimum atomic E-state index is -1.19. The van der Waals surface area contributed by atoms with Crippen molar-refractivity contribution in [3.63, 3.8) is 0 Å². The van der Waals surface area contributed by atoms with Gasteiger partial charge in [-0.15, -0.1) is 0 Å². The zero-order chi connectivity index (χ0) is 12.8. The Morgan fingerprint density at radius 3 is 2.29 bits per heavy atom. The highest BCUT2D eigenvalue weighted by Gasteiger charge is 2.09. The number of primary amides is 1. The average Bonchev–Trinajstić information content (AvgIpc) is 2.26. The van der Waals surface area contributed by atoms with E-state index >= 15 is 0 Å². The van der Waals surface area contributed by atoms with E-state index in [4.69, 9.17) is 10.8 Å². The third-order valence-corrected chi connectivity index (χ3v) is 2.14. The predicted octanol–water partition coefficient (Wildman–Crippen LogP) is 1.59. The van der Waals surface area contributed by atoms with E-state index in [1.807, 2.05) is 30.3 Å². The van der Waals surface area contributed by atoms with Gasteiger partial charge in [-0.3, -0.25) is 4.79 Å². The molecule has 17 heavy (non-hydrogen) atoms. The summed E-state index contributed by atoms with van der Waals surface area (Å²) in [4.78, 5) is 21.7. The van der Waals surface area contributed by atoms with E-state index in [0.717, 1.165) is 11.6 Å². The Kier molecular flexibility index (Phi) is 4.22. The van der Waals surface area contributed by atoms with Crippen molar-refractivity contribution in [2.75, 3.05) is 0 Å². The second kappa shape index (κ2) is 5.65. The summed E-state index contributed by atoms with van der Waals surface area (Å²) in [5.74, 6) is -1.95. The molecule has 0 radical (unpaired) electrons. The molecular weight excluding hydrogens is 218 g/mol.